The highest BCUT2D eigenvalue weighted by molar-refractivity contribution is 7.92. The fraction of sp³-hybridized carbons (Fsp3) is 0.556. The van der Waals surface area contributed by atoms with Crippen LogP contribution in [0.25, 0.3) is 0 Å². The van der Waals surface area contributed by atoms with E-state index in [2.05, 4.69) is 15.4 Å². The lowest BCUT2D eigenvalue weighted by Gasteiger charge is -2.30. The van der Waals surface area contributed by atoms with Gasteiger partial charge in [0.15, 0.2) is 0 Å². The van der Waals surface area contributed by atoms with E-state index in [-0.39, 0.29) is 18.6 Å². The van der Waals surface area contributed by atoms with Crippen molar-refractivity contribution < 1.29 is 27.5 Å². The highest BCUT2D eigenvalue weighted by Gasteiger charge is 2.30. The van der Waals surface area contributed by atoms with Gasteiger partial charge in [0, 0.05) is 5.69 Å². The lowest BCUT2D eigenvalue weighted by molar-refractivity contribution is -0.124. The van der Waals surface area contributed by atoms with Crippen LogP contribution in [0.4, 0.5) is 16.2 Å². The Labute approximate surface area is 165 Å². The van der Waals surface area contributed by atoms with Gasteiger partial charge >= 0.3 is 6.09 Å². The summed E-state index contributed by atoms with van der Waals surface area (Å²) in [6.45, 7) is 5.85. The third kappa shape index (κ3) is 7.73. The van der Waals surface area contributed by atoms with Crippen LogP contribution in [-0.2, 0) is 24.3 Å². The Morgan fingerprint density at radius 1 is 1.18 bits per heavy atom. The predicted molar refractivity (Wildman–Crippen MR) is 106 cm³/mol. The molecule has 0 aromatic heterocycles. The summed E-state index contributed by atoms with van der Waals surface area (Å²) in [7, 11) is -3.41. The predicted octanol–water partition coefficient (Wildman–Crippen LogP) is 1.93. The maximum Gasteiger partial charge on any atom is 0.407 e. The SMILES string of the molecule is CC(C)(C)OC(=O)N[C@H]1COC[C@@H](C(=O)Nc2cccc(NS(C)(=O)=O)c2)C1. The third-order valence-electron chi connectivity index (χ3n) is 3.73. The molecule has 0 saturated carbocycles. The van der Waals surface area contributed by atoms with Gasteiger partial charge in [-0.3, -0.25) is 9.52 Å². The zero-order chi connectivity index (χ0) is 20.9. The molecule has 0 bridgehead atoms. The van der Waals surface area contributed by atoms with Crippen molar-refractivity contribution in [2.45, 2.75) is 38.8 Å². The van der Waals surface area contributed by atoms with Gasteiger partial charge in [-0.05, 0) is 45.4 Å². The van der Waals surface area contributed by atoms with Crippen molar-refractivity contribution in [3.05, 3.63) is 24.3 Å². The number of hydrogen-bond acceptors (Lipinski definition) is 6. The molecule has 0 spiro atoms. The van der Waals surface area contributed by atoms with Crippen LogP contribution in [0.5, 0.6) is 0 Å². The Kier molecular flexibility index (Phi) is 6.89. The monoisotopic (exact) mass is 413 g/mol. The Morgan fingerprint density at radius 3 is 2.50 bits per heavy atom. The Morgan fingerprint density at radius 2 is 1.86 bits per heavy atom. The van der Waals surface area contributed by atoms with Gasteiger partial charge < -0.3 is 20.1 Å². The molecule has 9 nitrogen and oxygen atoms in total. The van der Waals surface area contributed by atoms with Crippen molar-refractivity contribution in [1.29, 1.82) is 0 Å². The molecular weight excluding hydrogens is 386 g/mol. The van der Waals surface area contributed by atoms with Crippen LogP contribution in [-0.4, -0.2) is 51.5 Å². The number of benzene rings is 1. The van der Waals surface area contributed by atoms with Crippen molar-refractivity contribution >= 4 is 33.4 Å². The molecule has 0 radical (unpaired) electrons. The minimum atomic E-state index is -3.41. The number of nitrogens with one attached hydrogen (secondary N) is 3. The van der Waals surface area contributed by atoms with Gasteiger partial charge in [0.25, 0.3) is 0 Å². The molecule has 3 N–H and O–H groups in total. The van der Waals surface area contributed by atoms with Gasteiger partial charge in [-0.25, -0.2) is 13.2 Å². The summed E-state index contributed by atoms with van der Waals surface area (Å²) in [4.78, 5) is 24.5. The molecule has 1 heterocycles. The Bertz CT molecular complexity index is 819. The van der Waals surface area contributed by atoms with Crippen LogP contribution >= 0.6 is 0 Å². The van der Waals surface area contributed by atoms with Gasteiger partial charge in [0.1, 0.15) is 5.60 Å². The van der Waals surface area contributed by atoms with Crippen LogP contribution in [0.1, 0.15) is 27.2 Å². The lowest BCUT2D eigenvalue weighted by atomic mass is 9.97. The Hall–Kier alpha value is -2.33. The maximum absolute atomic E-state index is 12.6. The molecule has 1 saturated heterocycles. The van der Waals surface area contributed by atoms with Gasteiger partial charge in [-0.1, -0.05) is 6.07 Å². The molecule has 10 heteroatoms. The summed E-state index contributed by atoms with van der Waals surface area (Å²) in [5, 5.41) is 5.47. The second kappa shape index (κ2) is 8.78. The van der Waals surface area contributed by atoms with Gasteiger partial charge in [0.2, 0.25) is 15.9 Å². The third-order valence-corrected chi connectivity index (χ3v) is 4.34. The number of hydrogen-bond donors (Lipinski definition) is 3. The minimum Gasteiger partial charge on any atom is -0.444 e. The first kappa shape index (κ1) is 22.0. The summed E-state index contributed by atoms with van der Waals surface area (Å²) in [6, 6.07) is 6.07. The highest BCUT2D eigenvalue weighted by Crippen LogP contribution is 2.20. The van der Waals surface area contributed by atoms with E-state index in [0.29, 0.717) is 24.4 Å². The number of carbonyl (C=O) groups excluding carboxylic acids is 2. The van der Waals surface area contributed by atoms with Crippen LogP contribution < -0.4 is 15.4 Å². The van der Waals surface area contributed by atoms with E-state index in [9.17, 15) is 18.0 Å². The molecule has 1 aliphatic rings. The number of sulfonamides is 1. The summed E-state index contributed by atoms with van der Waals surface area (Å²) in [6.07, 6.45) is 0.906. The molecule has 0 aliphatic carbocycles. The average Bonchev–Trinajstić information content (AvgIpc) is 2.51. The molecule has 2 atom stereocenters. The van der Waals surface area contributed by atoms with Gasteiger partial charge in [-0.2, -0.15) is 0 Å². The molecule has 1 fully saturated rings. The fourth-order valence-electron chi connectivity index (χ4n) is 2.71. The Balaban J connectivity index is 1.93. The first-order chi connectivity index (χ1) is 12.9. The minimum absolute atomic E-state index is 0.236. The van der Waals surface area contributed by atoms with Crippen molar-refractivity contribution in [3.63, 3.8) is 0 Å². The quantitative estimate of drug-likeness (QED) is 0.678. The summed E-state index contributed by atoms with van der Waals surface area (Å²) in [5.41, 5.74) is 0.201. The number of ether oxygens (including phenoxy) is 2. The largest absolute Gasteiger partial charge is 0.444 e. The van der Waals surface area contributed by atoms with E-state index in [4.69, 9.17) is 9.47 Å². The van der Waals surface area contributed by atoms with Crippen LogP contribution in [0.15, 0.2) is 24.3 Å². The van der Waals surface area contributed by atoms with E-state index >= 15 is 0 Å². The fourth-order valence-corrected chi connectivity index (χ4v) is 3.26. The average molecular weight is 413 g/mol. The molecule has 1 aromatic rings. The van der Waals surface area contributed by atoms with Crippen molar-refractivity contribution in [2.75, 3.05) is 29.5 Å². The topological polar surface area (TPSA) is 123 Å². The molecule has 2 rings (SSSR count). The van der Waals surface area contributed by atoms with E-state index in [1.165, 1.54) is 6.07 Å². The highest BCUT2D eigenvalue weighted by atomic mass is 32.2. The van der Waals surface area contributed by atoms with E-state index in [1.807, 2.05) is 0 Å². The smallest absolute Gasteiger partial charge is 0.407 e. The molecule has 1 aromatic carbocycles. The summed E-state index contributed by atoms with van der Waals surface area (Å²) in [5.74, 6) is -0.729. The van der Waals surface area contributed by atoms with E-state index < -0.39 is 27.6 Å². The maximum atomic E-state index is 12.6. The molecule has 156 valence electrons. The van der Waals surface area contributed by atoms with Crippen LogP contribution in [0.2, 0.25) is 0 Å². The normalized spacial score (nSPS) is 20.1. The summed E-state index contributed by atoms with van der Waals surface area (Å²) < 4.78 is 35.7. The number of anilines is 2. The number of amides is 2. The van der Waals surface area contributed by atoms with E-state index in [1.54, 1.807) is 39.0 Å². The zero-order valence-electron chi connectivity index (χ0n) is 16.4. The molecule has 28 heavy (non-hydrogen) atoms. The number of carbonyl (C=O) groups is 2. The first-order valence-corrected chi connectivity index (χ1v) is 10.8. The van der Waals surface area contributed by atoms with Crippen LogP contribution in [0.3, 0.4) is 0 Å². The lowest BCUT2D eigenvalue weighted by Crippen LogP contribution is -2.47. The van der Waals surface area contributed by atoms with E-state index in [0.717, 1.165) is 6.26 Å². The second-order valence-electron chi connectivity index (χ2n) is 7.76. The number of rotatable bonds is 5. The molecule has 1 aliphatic heterocycles. The second-order valence-corrected chi connectivity index (χ2v) is 9.51. The van der Waals surface area contributed by atoms with Crippen molar-refractivity contribution in [3.8, 4) is 0 Å². The zero-order valence-corrected chi connectivity index (χ0v) is 17.3. The molecule has 2 amide bonds. The van der Waals surface area contributed by atoms with Gasteiger partial charge in [0.05, 0.1) is 37.1 Å². The van der Waals surface area contributed by atoms with Crippen LogP contribution in [0, 0.1) is 5.92 Å². The van der Waals surface area contributed by atoms with Crippen molar-refractivity contribution in [1.82, 2.24) is 5.32 Å². The van der Waals surface area contributed by atoms with Gasteiger partial charge in [-0.15, -0.1) is 0 Å². The standard InChI is InChI=1S/C18H27N3O6S/c1-18(2,3)27-17(23)20-15-8-12(10-26-11-15)16(22)19-13-6-5-7-14(9-13)21-28(4,24)25/h5-7,9,12,15,21H,8,10-11H2,1-4H3,(H,19,22)(H,20,23)/t12-,15+/m0/s1. The summed E-state index contributed by atoms with van der Waals surface area (Å²) >= 11 is 0. The molecule has 0 unspecified atom stereocenters. The van der Waals surface area contributed by atoms with Crippen molar-refractivity contribution in [2.24, 2.45) is 5.92 Å². The number of alkyl carbamates (subject to hydrolysis) is 1. The first-order valence-electron chi connectivity index (χ1n) is 8.87. The molecular formula is C18H27N3O6S.